The number of benzene rings is 1. The van der Waals surface area contributed by atoms with Gasteiger partial charge in [-0.1, -0.05) is 18.6 Å². The van der Waals surface area contributed by atoms with E-state index < -0.39 is 0 Å². The maximum atomic E-state index is 11.8. The third-order valence-electron chi connectivity index (χ3n) is 4.22. The summed E-state index contributed by atoms with van der Waals surface area (Å²) in [5.41, 5.74) is 2.86. The Morgan fingerprint density at radius 2 is 2.00 bits per heavy atom. The Kier molecular flexibility index (Phi) is 8.35. The number of aryl methyl sites for hydroxylation is 2. The second-order valence-corrected chi connectivity index (χ2v) is 6.01. The number of likely N-dealkylation sites (N-methyl/N-ethyl adjacent to an activating group) is 1. The van der Waals surface area contributed by atoms with Gasteiger partial charge < -0.3 is 15.2 Å². The van der Waals surface area contributed by atoms with Crippen LogP contribution in [0.3, 0.4) is 0 Å². The number of carbonyl (C=O) groups excluding carboxylic acids is 1. The summed E-state index contributed by atoms with van der Waals surface area (Å²) in [6, 6.07) is 6.05. The second-order valence-electron chi connectivity index (χ2n) is 6.01. The fourth-order valence-electron chi connectivity index (χ4n) is 2.95. The Morgan fingerprint density at radius 1 is 1.20 bits per heavy atom. The van der Waals surface area contributed by atoms with E-state index in [1.807, 2.05) is 25.1 Å². The summed E-state index contributed by atoms with van der Waals surface area (Å²) >= 11 is 0. The molecule has 2 aromatic rings. The van der Waals surface area contributed by atoms with Crippen LogP contribution in [0, 0.1) is 6.92 Å². The zero-order valence-electron chi connectivity index (χ0n) is 14.5. The Hall–Kier alpha value is -1.63. The molecule has 2 N–H and O–H groups in total. The highest BCUT2D eigenvalue weighted by molar-refractivity contribution is 5.93. The molecule has 138 valence electrons. The first kappa shape index (κ1) is 21.4. The highest BCUT2D eigenvalue weighted by atomic mass is 35.5. The van der Waals surface area contributed by atoms with Crippen LogP contribution in [0.4, 0.5) is 5.69 Å². The fourth-order valence-corrected chi connectivity index (χ4v) is 2.95. The monoisotopic (exact) mass is 385 g/mol. The molecule has 25 heavy (non-hydrogen) atoms. The molecule has 6 nitrogen and oxygen atoms in total. The number of carbonyl (C=O) groups is 1. The lowest BCUT2D eigenvalue weighted by atomic mass is 10.1. The van der Waals surface area contributed by atoms with Gasteiger partial charge in [-0.3, -0.25) is 4.79 Å². The van der Waals surface area contributed by atoms with Crippen LogP contribution < -0.4 is 10.6 Å². The zero-order chi connectivity index (χ0) is 16.2. The largest absolute Gasteiger partial charge is 0.325 e. The Bertz CT molecular complexity index is 717. The molecule has 1 amide bonds. The van der Waals surface area contributed by atoms with Gasteiger partial charge in [-0.25, -0.2) is 0 Å². The lowest BCUT2D eigenvalue weighted by Gasteiger charge is -2.11. The lowest BCUT2D eigenvalue weighted by Crippen LogP contribution is -2.25. The minimum Gasteiger partial charge on any atom is -0.325 e. The average molecular weight is 386 g/mol. The third kappa shape index (κ3) is 4.93. The van der Waals surface area contributed by atoms with Crippen LogP contribution in [0.15, 0.2) is 18.2 Å². The molecule has 0 saturated heterocycles. The van der Waals surface area contributed by atoms with E-state index >= 15 is 0 Å². The molecule has 0 spiro atoms. The first-order valence-corrected chi connectivity index (χ1v) is 8.16. The molecule has 0 fully saturated rings. The fraction of sp³-hybridized carbons (Fsp3) is 0.471. The van der Waals surface area contributed by atoms with Gasteiger partial charge in [0.2, 0.25) is 5.91 Å². The van der Waals surface area contributed by atoms with E-state index in [1.54, 1.807) is 7.05 Å². The van der Waals surface area contributed by atoms with Crippen molar-refractivity contribution in [3.8, 4) is 11.4 Å². The van der Waals surface area contributed by atoms with E-state index in [4.69, 9.17) is 0 Å². The minimum absolute atomic E-state index is 0. The predicted molar refractivity (Wildman–Crippen MR) is 105 cm³/mol. The summed E-state index contributed by atoms with van der Waals surface area (Å²) in [4.78, 5) is 11.8. The normalized spacial score (nSPS) is 13.0. The molecule has 1 aromatic carbocycles. The van der Waals surface area contributed by atoms with Gasteiger partial charge in [-0.2, -0.15) is 0 Å². The molecule has 0 atom stereocenters. The van der Waals surface area contributed by atoms with Gasteiger partial charge in [0, 0.05) is 24.2 Å². The van der Waals surface area contributed by atoms with Crippen molar-refractivity contribution in [2.75, 3.05) is 18.9 Å². The van der Waals surface area contributed by atoms with Crippen LogP contribution in [0.2, 0.25) is 0 Å². The van der Waals surface area contributed by atoms with Gasteiger partial charge in [0.05, 0.1) is 6.54 Å². The van der Waals surface area contributed by atoms with Crippen molar-refractivity contribution in [2.24, 2.45) is 0 Å². The van der Waals surface area contributed by atoms with Gasteiger partial charge in [0.15, 0.2) is 5.82 Å². The molecular weight excluding hydrogens is 361 g/mol. The number of fused-ring (bicyclic) bond motifs is 1. The topological polar surface area (TPSA) is 71.8 Å². The maximum Gasteiger partial charge on any atom is 0.238 e. The summed E-state index contributed by atoms with van der Waals surface area (Å²) in [5.74, 6) is 1.91. The van der Waals surface area contributed by atoms with Gasteiger partial charge in [-0.05, 0) is 38.4 Å². The maximum absolute atomic E-state index is 11.8. The zero-order valence-corrected chi connectivity index (χ0v) is 16.2. The predicted octanol–water partition coefficient (Wildman–Crippen LogP) is 2.98. The number of rotatable bonds is 4. The molecule has 0 aliphatic carbocycles. The molecule has 0 bridgehead atoms. The van der Waals surface area contributed by atoms with Crippen molar-refractivity contribution in [1.29, 1.82) is 0 Å². The molecule has 0 saturated carbocycles. The summed E-state index contributed by atoms with van der Waals surface area (Å²) in [5, 5.41) is 14.5. The van der Waals surface area contributed by atoms with Crippen molar-refractivity contribution in [2.45, 2.75) is 39.2 Å². The molecule has 1 aromatic heterocycles. The molecule has 2 heterocycles. The Labute approximate surface area is 160 Å². The number of anilines is 1. The molecule has 1 aliphatic rings. The highest BCUT2D eigenvalue weighted by Gasteiger charge is 2.17. The summed E-state index contributed by atoms with van der Waals surface area (Å²) in [6.07, 6.45) is 4.57. The quantitative estimate of drug-likeness (QED) is 0.848. The van der Waals surface area contributed by atoms with E-state index in [2.05, 4.69) is 25.4 Å². The smallest absolute Gasteiger partial charge is 0.238 e. The summed E-state index contributed by atoms with van der Waals surface area (Å²) in [6.45, 7) is 3.25. The summed E-state index contributed by atoms with van der Waals surface area (Å²) in [7, 11) is 1.76. The molecule has 0 radical (unpaired) electrons. The average Bonchev–Trinajstić information content (AvgIpc) is 2.78. The van der Waals surface area contributed by atoms with Crippen LogP contribution in [0.1, 0.15) is 30.7 Å². The first-order valence-electron chi connectivity index (χ1n) is 8.16. The van der Waals surface area contributed by atoms with Crippen molar-refractivity contribution < 1.29 is 4.79 Å². The van der Waals surface area contributed by atoms with Crippen LogP contribution in [0.5, 0.6) is 0 Å². The Morgan fingerprint density at radius 3 is 2.76 bits per heavy atom. The van der Waals surface area contributed by atoms with Gasteiger partial charge in [0.25, 0.3) is 0 Å². The van der Waals surface area contributed by atoms with E-state index in [0.29, 0.717) is 6.54 Å². The van der Waals surface area contributed by atoms with Gasteiger partial charge in [0.1, 0.15) is 5.82 Å². The molecule has 3 rings (SSSR count). The Balaban J connectivity index is 0.00000156. The molecular formula is C17H25Cl2N5O. The van der Waals surface area contributed by atoms with Crippen molar-refractivity contribution in [1.82, 2.24) is 20.1 Å². The number of aromatic nitrogens is 3. The number of nitrogens with zero attached hydrogens (tertiary/aromatic N) is 3. The molecule has 8 heteroatoms. The number of halogens is 2. The number of nitrogens with one attached hydrogen (secondary N) is 2. The lowest BCUT2D eigenvalue weighted by molar-refractivity contribution is -0.115. The van der Waals surface area contributed by atoms with Crippen molar-refractivity contribution in [3.63, 3.8) is 0 Å². The van der Waals surface area contributed by atoms with Crippen molar-refractivity contribution >= 4 is 36.4 Å². The van der Waals surface area contributed by atoms with Crippen LogP contribution in [-0.2, 0) is 17.8 Å². The van der Waals surface area contributed by atoms with E-state index in [0.717, 1.165) is 47.8 Å². The number of hydrogen-bond donors (Lipinski definition) is 2. The highest BCUT2D eigenvalue weighted by Crippen LogP contribution is 2.26. The van der Waals surface area contributed by atoms with E-state index in [9.17, 15) is 4.79 Å². The number of amides is 1. The van der Waals surface area contributed by atoms with E-state index in [1.165, 1.54) is 12.8 Å². The summed E-state index contributed by atoms with van der Waals surface area (Å²) < 4.78 is 2.22. The number of hydrogen-bond acceptors (Lipinski definition) is 4. The van der Waals surface area contributed by atoms with Crippen LogP contribution in [-0.4, -0.2) is 34.3 Å². The van der Waals surface area contributed by atoms with Crippen LogP contribution in [0.25, 0.3) is 11.4 Å². The molecule has 0 unspecified atom stereocenters. The standard InChI is InChI=1S/C17H23N5O.2ClH/c1-12-7-8-13(10-14(12)19-16(23)11-18-2)17-21-20-15-6-4-3-5-9-22(15)17;;/h7-8,10,18H,3-6,9,11H2,1-2H3,(H,19,23);2*1H. The second kappa shape index (κ2) is 9.75. The SMILES string of the molecule is CNCC(=O)Nc1cc(-c2nnc3n2CCCCC3)ccc1C.Cl.Cl. The molecule has 1 aliphatic heterocycles. The minimum atomic E-state index is -0.0483. The third-order valence-corrected chi connectivity index (χ3v) is 4.22. The van der Waals surface area contributed by atoms with Crippen LogP contribution >= 0.6 is 24.8 Å². The van der Waals surface area contributed by atoms with E-state index in [-0.39, 0.29) is 30.7 Å². The first-order chi connectivity index (χ1) is 11.2. The van der Waals surface area contributed by atoms with Crippen molar-refractivity contribution in [3.05, 3.63) is 29.6 Å². The van der Waals surface area contributed by atoms with Gasteiger partial charge >= 0.3 is 0 Å². The van der Waals surface area contributed by atoms with Gasteiger partial charge in [-0.15, -0.1) is 35.0 Å².